The number of aliphatic carboxylic acids is 1. The molecule has 0 aliphatic carbocycles. The van der Waals surface area contributed by atoms with Crippen molar-refractivity contribution in [3.63, 3.8) is 0 Å². The molecule has 7 nitrogen and oxygen atoms in total. The molecule has 0 unspecified atom stereocenters. The molecule has 5 rings (SSSR count). The van der Waals surface area contributed by atoms with E-state index >= 15 is 0 Å². The number of carboxylic acid groups (broad SMARTS) is 1. The van der Waals surface area contributed by atoms with E-state index in [1.54, 1.807) is 18.3 Å². The van der Waals surface area contributed by atoms with Crippen molar-refractivity contribution < 1.29 is 19.4 Å². The largest absolute Gasteiger partial charge is 0.481 e. The number of pyridine rings is 1. The maximum Gasteiger partial charge on any atom is 0.311 e. The maximum atomic E-state index is 12.6. The number of aryl methyl sites for hydroxylation is 1. The maximum absolute atomic E-state index is 12.6. The highest BCUT2D eigenvalue weighted by Gasteiger charge is 2.23. The summed E-state index contributed by atoms with van der Waals surface area (Å²) >= 11 is 7.59. The van der Waals surface area contributed by atoms with E-state index in [9.17, 15) is 9.59 Å². The van der Waals surface area contributed by atoms with Gasteiger partial charge in [0.25, 0.3) is 0 Å². The van der Waals surface area contributed by atoms with Crippen molar-refractivity contribution in [2.75, 3.05) is 0 Å². The molecule has 35 heavy (non-hydrogen) atoms. The van der Waals surface area contributed by atoms with E-state index in [2.05, 4.69) is 0 Å². The van der Waals surface area contributed by atoms with Crippen molar-refractivity contribution in [3.8, 4) is 21.9 Å². The first kappa shape index (κ1) is 23.0. The SMILES string of the molecule is Cc1nn(-c2ccccc2)c2ncc3c(OC(=O)CCCC(=O)O)c(-c4ccc(Cl)cc4)sc3c12. The number of carbonyl (C=O) groups excluding carboxylic acids is 1. The Hall–Kier alpha value is -3.75. The van der Waals surface area contributed by atoms with Crippen LogP contribution in [0.4, 0.5) is 0 Å². The Balaban J connectivity index is 1.66. The van der Waals surface area contributed by atoms with Gasteiger partial charge in [0.15, 0.2) is 11.4 Å². The molecule has 3 aromatic heterocycles. The standard InChI is InChI=1S/C26H20ClN3O4S/c1-15-22-25-19(14-28-26(22)30(29-15)18-6-3-2-4-7-18)23(34-21(33)9-5-8-20(31)32)24(35-25)16-10-12-17(27)13-11-16/h2-4,6-7,10-14H,5,8-9H2,1H3,(H,31,32). The lowest BCUT2D eigenvalue weighted by Gasteiger charge is -2.07. The summed E-state index contributed by atoms with van der Waals surface area (Å²) in [4.78, 5) is 28.9. The fourth-order valence-electron chi connectivity index (χ4n) is 3.95. The van der Waals surface area contributed by atoms with Gasteiger partial charge in [0, 0.05) is 24.1 Å². The van der Waals surface area contributed by atoms with E-state index in [0.29, 0.717) is 21.8 Å². The van der Waals surface area contributed by atoms with Crippen molar-refractivity contribution in [3.05, 3.63) is 71.5 Å². The molecule has 0 aliphatic heterocycles. The predicted molar refractivity (Wildman–Crippen MR) is 137 cm³/mol. The number of thiophene rings is 1. The predicted octanol–water partition coefficient (Wildman–Crippen LogP) is 6.42. The average molecular weight is 506 g/mol. The van der Waals surface area contributed by atoms with Crippen LogP contribution in [-0.2, 0) is 9.59 Å². The van der Waals surface area contributed by atoms with Crippen molar-refractivity contribution >= 4 is 56.0 Å². The number of ether oxygens (including phenoxy) is 1. The summed E-state index contributed by atoms with van der Waals surface area (Å²) in [6, 6.07) is 17.1. The van der Waals surface area contributed by atoms with Gasteiger partial charge in [-0.1, -0.05) is 41.9 Å². The van der Waals surface area contributed by atoms with Crippen LogP contribution in [0.1, 0.15) is 25.0 Å². The Morgan fingerprint density at radius 3 is 2.54 bits per heavy atom. The molecule has 0 fully saturated rings. The van der Waals surface area contributed by atoms with Crippen LogP contribution in [0.5, 0.6) is 5.75 Å². The van der Waals surface area contributed by atoms with Gasteiger partial charge in [-0.25, -0.2) is 9.67 Å². The molecule has 0 atom stereocenters. The Morgan fingerprint density at radius 2 is 1.83 bits per heavy atom. The highest BCUT2D eigenvalue weighted by Crippen LogP contribution is 2.47. The van der Waals surface area contributed by atoms with E-state index in [1.807, 2.05) is 54.1 Å². The first-order chi connectivity index (χ1) is 16.9. The summed E-state index contributed by atoms with van der Waals surface area (Å²) in [6.07, 6.45) is 1.82. The second-order valence-electron chi connectivity index (χ2n) is 8.02. The molecule has 1 N–H and O–H groups in total. The third-order valence-electron chi connectivity index (χ3n) is 5.57. The summed E-state index contributed by atoms with van der Waals surface area (Å²) < 4.78 is 8.54. The lowest BCUT2D eigenvalue weighted by atomic mass is 10.1. The molecule has 0 spiro atoms. The summed E-state index contributed by atoms with van der Waals surface area (Å²) in [5.41, 5.74) is 3.27. The van der Waals surface area contributed by atoms with Crippen LogP contribution in [0, 0.1) is 6.92 Å². The van der Waals surface area contributed by atoms with Gasteiger partial charge in [-0.2, -0.15) is 5.10 Å². The van der Waals surface area contributed by atoms with Crippen LogP contribution in [0.2, 0.25) is 5.02 Å². The highest BCUT2D eigenvalue weighted by molar-refractivity contribution is 7.23. The summed E-state index contributed by atoms with van der Waals surface area (Å²) in [5, 5.41) is 15.8. The number of fused-ring (bicyclic) bond motifs is 3. The molecule has 0 saturated heterocycles. The lowest BCUT2D eigenvalue weighted by Crippen LogP contribution is -2.09. The number of hydrogen-bond acceptors (Lipinski definition) is 6. The number of benzene rings is 2. The van der Waals surface area contributed by atoms with Crippen LogP contribution in [-0.4, -0.2) is 31.8 Å². The fraction of sp³-hybridized carbons (Fsp3) is 0.154. The summed E-state index contributed by atoms with van der Waals surface area (Å²) in [5.74, 6) is -1.02. The van der Waals surface area contributed by atoms with Gasteiger partial charge in [0.2, 0.25) is 0 Å². The van der Waals surface area contributed by atoms with E-state index in [-0.39, 0.29) is 19.3 Å². The average Bonchev–Trinajstić information content (AvgIpc) is 3.37. The molecule has 0 saturated carbocycles. The first-order valence-corrected chi connectivity index (χ1v) is 12.2. The molecule has 0 amide bonds. The van der Waals surface area contributed by atoms with Crippen molar-refractivity contribution in [1.82, 2.24) is 14.8 Å². The van der Waals surface area contributed by atoms with Gasteiger partial charge in [0.1, 0.15) is 0 Å². The topological polar surface area (TPSA) is 94.3 Å². The molecule has 0 aliphatic rings. The Kier molecular flexibility index (Phi) is 6.23. The van der Waals surface area contributed by atoms with Gasteiger partial charge in [-0.3, -0.25) is 9.59 Å². The zero-order chi connectivity index (χ0) is 24.5. The molecule has 0 radical (unpaired) electrons. The second-order valence-corrected chi connectivity index (χ2v) is 9.48. The zero-order valence-electron chi connectivity index (χ0n) is 18.7. The smallest absolute Gasteiger partial charge is 0.311 e. The summed E-state index contributed by atoms with van der Waals surface area (Å²) in [7, 11) is 0. The first-order valence-electron chi connectivity index (χ1n) is 11.0. The number of aromatic nitrogens is 3. The van der Waals surface area contributed by atoms with Crippen LogP contribution >= 0.6 is 22.9 Å². The quantitative estimate of drug-likeness (QED) is 0.256. The minimum Gasteiger partial charge on any atom is -0.481 e. The molecular formula is C26H20ClN3O4S. The Labute approximate surface area is 209 Å². The molecule has 5 aromatic rings. The van der Waals surface area contributed by atoms with Crippen LogP contribution in [0.25, 0.3) is 37.2 Å². The Bertz CT molecular complexity index is 1560. The van der Waals surface area contributed by atoms with Gasteiger partial charge in [-0.15, -0.1) is 11.3 Å². The van der Waals surface area contributed by atoms with E-state index < -0.39 is 11.9 Å². The number of para-hydroxylation sites is 1. The summed E-state index contributed by atoms with van der Waals surface area (Å²) in [6.45, 7) is 1.93. The number of carbonyl (C=O) groups is 2. The molecular weight excluding hydrogens is 486 g/mol. The zero-order valence-corrected chi connectivity index (χ0v) is 20.3. The van der Waals surface area contributed by atoms with E-state index in [4.69, 9.17) is 31.5 Å². The fourth-order valence-corrected chi connectivity index (χ4v) is 5.37. The van der Waals surface area contributed by atoms with Gasteiger partial charge < -0.3 is 9.84 Å². The third kappa shape index (κ3) is 4.50. The number of hydrogen-bond donors (Lipinski definition) is 1. The second kappa shape index (κ2) is 9.48. The minimum absolute atomic E-state index is 0.00430. The van der Waals surface area contributed by atoms with Crippen LogP contribution in [0.15, 0.2) is 60.8 Å². The number of esters is 1. The molecule has 9 heteroatoms. The number of rotatable bonds is 7. The lowest BCUT2D eigenvalue weighted by molar-refractivity contribution is -0.137. The molecule has 0 bridgehead atoms. The van der Waals surface area contributed by atoms with E-state index in [0.717, 1.165) is 31.9 Å². The Morgan fingerprint density at radius 1 is 1.09 bits per heavy atom. The van der Waals surface area contributed by atoms with Crippen molar-refractivity contribution in [1.29, 1.82) is 0 Å². The van der Waals surface area contributed by atoms with Crippen LogP contribution in [0.3, 0.4) is 0 Å². The number of nitrogens with zero attached hydrogens (tertiary/aromatic N) is 3. The number of halogens is 1. The van der Waals surface area contributed by atoms with Crippen molar-refractivity contribution in [2.24, 2.45) is 0 Å². The van der Waals surface area contributed by atoms with Gasteiger partial charge in [-0.05, 0) is 43.2 Å². The minimum atomic E-state index is -0.946. The van der Waals surface area contributed by atoms with Crippen molar-refractivity contribution in [2.45, 2.75) is 26.2 Å². The van der Waals surface area contributed by atoms with E-state index in [1.165, 1.54) is 11.3 Å². The monoisotopic (exact) mass is 505 g/mol. The number of carboxylic acids is 1. The molecule has 3 heterocycles. The van der Waals surface area contributed by atoms with Gasteiger partial charge in [0.05, 0.1) is 31.7 Å². The molecule has 2 aromatic carbocycles. The normalized spacial score (nSPS) is 11.3. The van der Waals surface area contributed by atoms with Crippen LogP contribution < -0.4 is 4.74 Å². The third-order valence-corrected chi connectivity index (χ3v) is 7.08. The van der Waals surface area contributed by atoms with Gasteiger partial charge >= 0.3 is 11.9 Å². The molecule has 176 valence electrons. The highest BCUT2D eigenvalue weighted by atomic mass is 35.5.